The second-order valence-electron chi connectivity index (χ2n) is 8.83. The van der Waals surface area contributed by atoms with Gasteiger partial charge in [-0.1, -0.05) is 23.8 Å². The molecule has 5 nitrogen and oxygen atoms in total. The predicted octanol–water partition coefficient (Wildman–Crippen LogP) is 6.18. The molecule has 1 aliphatic heterocycles. The number of piperidine rings is 1. The second kappa shape index (κ2) is 12.0. The van der Waals surface area contributed by atoms with E-state index >= 15 is 0 Å². The molecule has 0 amide bonds. The molecule has 8 heteroatoms. The van der Waals surface area contributed by atoms with Crippen LogP contribution in [0.2, 0.25) is 0 Å². The Kier molecular flexibility index (Phi) is 8.50. The zero-order chi connectivity index (χ0) is 26.4. The molecular weight excluding hydrogens is 483 g/mol. The third-order valence-corrected chi connectivity index (χ3v) is 6.44. The molecule has 1 aliphatic rings. The van der Waals surface area contributed by atoms with Gasteiger partial charge in [0.25, 0.3) is 0 Å². The molecule has 0 bridgehead atoms. The summed E-state index contributed by atoms with van der Waals surface area (Å²) in [6.45, 7) is 2.83. The van der Waals surface area contributed by atoms with Crippen molar-refractivity contribution in [3.8, 4) is 11.5 Å². The van der Waals surface area contributed by atoms with Gasteiger partial charge in [-0.3, -0.25) is 0 Å². The lowest BCUT2D eigenvalue weighted by molar-refractivity contribution is 0.0696. The summed E-state index contributed by atoms with van der Waals surface area (Å²) in [4.78, 5) is 13.4. The maximum Gasteiger partial charge on any atom is 0.335 e. The Morgan fingerprint density at radius 3 is 2.19 bits per heavy atom. The van der Waals surface area contributed by atoms with Crippen molar-refractivity contribution in [3.63, 3.8) is 0 Å². The smallest absolute Gasteiger partial charge is 0.335 e. The van der Waals surface area contributed by atoms with E-state index in [1.54, 1.807) is 24.3 Å². The van der Waals surface area contributed by atoms with E-state index in [4.69, 9.17) is 14.6 Å². The molecule has 0 radical (unpaired) electrons. The minimum absolute atomic E-state index is 0.129. The highest BCUT2D eigenvalue weighted by Crippen LogP contribution is 2.33. The van der Waals surface area contributed by atoms with Crippen molar-refractivity contribution in [2.24, 2.45) is 0 Å². The Bertz CT molecular complexity index is 1280. The molecule has 0 aliphatic carbocycles. The van der Waals surface area contributed by atoms with Crippen molar-refractivity contribution >= 4 is 11.5 Å². The zero-order valence-electron chi connectivity index (χ0n) is 20.5. The minimum Gasteiger partial charge on any atom is -0.493 e. The molecule has 0 spiro atoms. The summed E-state index contributed by atoms with van der Waals surface area (Å²) in [5.41, 5.74) is 3.41. The summed E-state index contributed by atoms with van der Waals surface area (Å²) in [5, 5.41) is 9.12. The third-order valence-electron chi connectivity index (χ3n) is 6.44. The van der Waals surface area contributed by atoms with Gasteiger partial charge in [0.2, 0.25) is 0 Å². The standard InChI is InChI=1S/C29H28F3NO4/c1-36-27-18-22(29(34)35)6-10-26(27)37-16-2-13-33-14-11-20(12-15-33)28(19-3-7-23(30)8-4-19)21-5-9-24(31)25(32)17-21/h3-10,17-18H,2,11-16H2,1H3,(H,34,35). The summed E-state index contributed by atoms with van der Waals surface area (Å²) in [6, 6.07) is 14.5. The van der Waals surface area contributed by atoms with Gasteiger partial charge in [0, 0.05) is 19.6 Å². The van der Waals surface area contributed by atoms with Crippen molar-refractivity contribution in [2.75, 3.05) is 33.4 Å². The number of hydrogen-bond donors (Lipinski definition) is 1. The highest BCUT2D eigenvalue weighted by molar-refractivity contribution is 5.88. The molecule has 37 heavy (non-hydrogen) atoms. The van der Waals surface area contributed by atoms with Crippen LogP contribution in [0.5, 0.6) is 11.5 Å². The van der Waals surface area contributed by atoms with E-state index in [1.165, 1.54) is 37.4 Å². The van der Waals surface area contributed by atoms with Gasteiger partial charge in [-0.25, -0.2) is 18.0 Å². The molecule has 1 heterocycles. The van der Waals surface area contributed by atoms with Crippen LogP contribution in [0.25, 0.3) is 5.57 Å². The van der Waals surface area contributed by atoms with Gasteiger partial charge in [-0.2, -0.15) is 0 Å². The highest BCUT2D eigenvalue weighted by atomic mass is 19.2. The van der Waals surface area contributed by atoms with Crippen molar-refractivity contribution in [3.05, 3.63) is 100 Å². The maximum atomic E-state index is 14.0. The van der Waals surface area contributed by atoms with Crippen LogP contribution in [0.1, 0.15) is 40.7 Å². The number of ether oxygens (including phenoxy) is 2. The van der Waals surface area contributed by atoms with E-state index in [-0.39, 0.29) is 11.4 Å². The number of carboxylic acid groups (broad SMARTS) is 1. The zero-order valence-corrected chi connectivity index (χ0v) is 20.5. The molecule has 1 fully saturated rings. The predicted molar refractivity (Wildman–Crippen MR) is 135 cm³/mol. The van der Waals surface area contributed by atoms with E-state index in [0.29, 0.717) is 23.7 Å². The molecule has 1 saturated heterocycles. The Morgan fingerprint density at radius 2 is 1.54 bits per heavy atom. The average Bonchev–Trinajstić information content (AvgIpc) is 2.90. The minimum atomic E-state index is -1.03. The average molecular weight is 512 g/mol. The first-order chi connectivity index (χ1) is 17.9. The van der Waals surface area contributed by atoms with Gasteiger partial charge in [-0.15, -0.1) is 0 Å². The van der Waals surface area contributed by atoms with E-state index in [2.05, 4.69) is 4.90 Å². The lowest BCUT2D eigenvalue weighted by Crippen LogP contribution is -2.32. The number of carbonyl (C=O) groups is 1. The fourth-order valence-corrected chi connectivity index (χ4v) is 4.53. The first-order valence-electron chi connectivity index (χ1n) is 12.1. The van der Waals surface area contributed by atoms with Gasteiger partial charge >= 0.3 is 5.97 Å². The number of likely N-dealkylation sites (tertiary alicyclic amines) is 1. The van der Waals surface area contributed by atoms with Crippen LogP contribution >= 0.6 is 0 Å². The lowest BCUT2D eigenvalue weighted by Gasteiger charge is -2.30. The number of methoxy groups -OCH3 is 1. The number of hydrogen-bond acceptors (Lipinski definition) is 4. The van der Waals surface area contributed by atoms with Crippen LogP contribution in [-0.4, -0.2) is 49.3 Å². The molecule has 3 aromatic carbocycles. The summed E-state index contributed by atoms with van der Waals surface area (Å²) in [5.74, 6) is -2.34. The fraction of sp³-hybridized carbons (Fsp3) is 0.276. The highest BCUT2D eigenvalue weighted by Gasteiger charge is 2.20. The molecule has 194 valence electrons. The van der Waals surface area contributed by atoms with Crippen LogP contribution in [0.4, 0.5) is 13.2 Å². The van der Waals surface area contributed by atoms with Gasteiger partial charge in [0.1, 0.15) is 5.82 Å². The SMILES string of the molecule is COc1cc(C(=O)O)ccc1OCCCN1CCC(=C(c2ccc(F)cc2)c2ccc(F)c(F)c2)CC1. The van der Waals surface area contributed by atoms with E-state index in [9.17, 15) is 18.0 Å². The first kappa shape index (κ1) is 26.3. The van der Waals surface area contributed by atoms with Crippen molar-refractivity contribution in [2.45, 2.75) is 19.3 Å². The molecule has 0 unspecified atom stereocenters. The Balaban J connectivity index is 1.39. The third kappa shape index (κ3) is 6.51. The van der Waals surface area contributed by atoms with Gasteiger partial charge in [0.15, 0.2) is 23.1 Å². The second-order valence-corrected chi connectivity index (χ2v) is 8.83. The van der Waals surface area contributed by atoms with Gasteiger partial charge in [0.05, 0.1) is 19.3 Å². The Labute approximate surface area is 213 Å². The van der Waals surface area contributed by atoms with Crippen molar-refractivity contribution < 1.29 is 32.5 Å². The quantitative estimate of drug-likeness (QED) is 0.348. The topological polar surface area (TPSA) is 59.0 Å². The fourth-order valence-electron chi connectivity index (χ4n) is 4.53. The van der Waals surface area contributed by atoms with E-state index in [0.717, 1.165) is 61.7 Å². The Morgan fingerprint density at radius 1 is 0.865 bits per heavy atom. The summed E-state index contributed by atoms with van der Waals surface area (Å²) in [7, 11) is 1.47. The van der Waals surface area contributed by atoms with Gasteiger partial charge in [-0.05, 0) is 78.4 Å². The van der Waals surface area contributed by atoms with Crippen LogP contribution in [0.3, 0.4) is 0 Å². The van der Waals surface area contributed by atoms with Crippen LogP contribution in [-0.2, 0) is 0 Å². The molecule has 4 rings (SSSR count). The van der Waals surface area contributed by atoms with Crippen LogP contribution < -0.4 is 9.47 Å². The number of rotatable bonds is 9. The lowest BCUT2D eigenvalue weighted by atomic mass is 9.88. The molecule has 3 aromatic rings. The van der Waals surface area contributed by atoms with Crippen molar-refractivity contribution in [1.82, 2.24) is 4.90 Å². The number of carboxylic acids is 1. The normalized spacial score (nSPS) is 13.9. The molecule has 0 saturated carbocycles. The number of halogens is 3. The summed E-state index contributed by atoms with van der Waals surface area (Å²) < 4.78 is 52.2. The molecule has 1 N–H and O–H groups in total. The Hall–Kier alpha value is -3.78. The number of aromatic carboxylic acids is 1. The molecular formula is C29H28F3NO4. The van der Waals surface area contributed by atoms with Gasteiger partial charge < -0.3 is 19.5 Å². The maximum absolute atomic E-state index is 14.0. The molecule has 0 atom stereocenters. The monoisotopic (exact) mass is 511 g/mol. The van der Waals surface area contributed by atoms with Crippen molar-refractivity contribution in [1.29, 1.82) is 0 Å². The largest absolute Gasteiger partial charge is 0.493 e. The summed E-state index contributed by atoms with van der Waals surface area (Å²) >= 11 is 0. The molecule has 0 aromatic heterocycles. The van der Waals surface area contributed by atoms with Crippen LogP contribution in [0, 0.1) is 17.5 Å². The van der Waals surface area contributed by atoms with E-state index < -0.39 is 17.6 Å². The van der Waals surface area contributed by atoms with Crippen LogP contribution in [0.15, 0.2) is 66.2 Å². The first-order valence-corrected chi connectivity index (χ1v) is 12.1. The van der Waals surface area contributed by atoms with E-state index in [1.807, 2.05) is 0 Å². The summed E-state index contributed by atoms with van der Waals surface area (Å²) in [6.07, 6.45) is 2.25. The number of nitrogens with zero attached hydrogens (tertiary/aromatic N) is 1. The number of benzene rings is 3.